The number of rotatable bonds is 6. The lowest BCUT2D eigenvalue weighted by atomic mass is 10.1. The zero-order valence-electron chi connectivity index (χ0n) is 17.6. The van der Waals surface area contributed by atoms with E-state index in [1.54, 1.807) is 36.4 Å². The molecule has 3 aromatic rings. The summed E-state index contributed by atoms with van der Waals surface area (Å²) in [5.74, 6) is 1.40. The summed E-state index contributed by atoms with van der Waals surface area (Å²) in [6, 6.07) is 22.5. The fourth-order valence-corrected chi connectivity index (χ4v) is 2.90. The van der Waals surface area contributed by atoms with Crippen LogP contribution < -0.4 is 10.2 Å². The summed E-state index contributed by atoms with van der Waals surface area (Å²) in [6.07, 6.45) is 3.75. The van der Waals surface area contributed by atoms with Gasteiger partial charge in [-0.15, -0.1) is 0 Å². The molecular formula is C24H24N2O5S. The summed E-state index contributed by atoms with van der Waals surface area (Å²) in [6.45, 7) is 3.68. The molecule has 0 aliphatic rings. The third kappa shape index (κ3) is 8.34. The van der Waals surface area contributed by atoms with E-state index in [2.05, 4.69) is 11.5 Å². The van der Waals surface area contributed by atoms with E-state index in [9.17, 15) is 8.42 Å². The van der Waals surface area contributed by atoms with Crippen molar-refractivity contribution in [2.45, 2.75) is 24.8 Å². The molecule has 0 radical (unpaired) electrons. The molecule has 0 amide bonds. The number of nitriles is 1. The molecule has 0 bridgehead atoms. The Kier molecular flexibility index (Phi) is 9.13. The summed E-state index contributed by atoms with van der Waals surface area (Å²) in [5, 5.41) is 17.5. The maximum atomic E-state index is 10.5. The van der Waals surface area contributed by atoms with Gasteiger partial charge in [-0.05, 0) is 67.9 Å². The van der Waals surface area contributed by atoms with E-state index in [-0.39, 0.29) is 10.9 Å². The van der Waals surface area contributed by atoms with Crippen LogP contribution in [0.3, 0.4) is 0 Å². The molecule has 0 saturated carbocycles. The summed E-state index contributed by atoms with van der Waals surface area (Å²) >= 11 is 0. The van der Waals surface area contributed by atoms with Crippen LogP contribution in [-0.4, -0.2) is 24.2 Å². The Morgan fingerprint density at radius 2 is 1.69 bits per heavy atom. The number of hydrogen-bond acceptors (Lipinski definition) is 6. The van der Waals surface area contributed by atoms with Crippen LogP contribution in [0.2, 0.25) is 0 Å². The van der Waals surface area contributed by atoms with Crippen molar-refractivity contribution in [2.24, 2.45) is 0 Å². The molecule has 3 rings (SSSR count). The van der Waals surface area contributed by atoms with Crippen LogP contribution in [0.15, 0.2) is 83.8 Å². The SMILES string of the molecule is C[C@@H](C=Cc1cccc(Oc2ccc(C#N)cc2)c1)NO.Cc1ccc(S(=O)(=O)O)cc1. The van der Waals surface area contributed by atoms with Gasteiger partial charge in [0.1, 0.15) is 11.5 Å². The predicted molar refractivity (Wildman–Crippen MR) is 122 cm³/mol. The molecule has 1 atom stereocenters. The van der Waals surface area contributed by atoms with Gasteiger partial charge < -0.3 is 9.94 Å². The number of ether oxygens (including phenoxy) is 1. The molecule has 0 spiro atoms. The van der Waals surface area contributed by atoms with Gasteiger partial charge in [0.05, 0.1) is 16.5 Å². The van der Waals surface area contributed by atoms with Crippen LogP contribution in [0.25, 0.3) is 6.08 Å². The van der Waals surface area contributed by atoms with E-state index in [4.69, 9.17) is 19.8 Å². The van der Waals surface area contributed by atoms with Crippen molar-refractivity contribution in [3.63, 3.8) is 0 Å². The predicted octanol–water partition coefficient (Wildman–Crippen LogP) is 4.97. The van der Waals surface area contributed by atoms with Crippen LogP contribution in [0, 0.1) is 18.3 Å². The molecule has 166 valence electrons. The van der Waals surface area contributed by atoms with Gasteiger partial charge in [-0.3, -0.25) is 4.55 Å². The Balaban J connectivity index is 0.000000278. The number of nitrogens with one attached hydrogen (secondary N) is 1. The van der Waals surface area contributed by atoms with Crippen LogP contribution in [-0.2, 0) is 10.1 Å². The van der Waals surface area contributed by atoms with Crippen molar-refractivity contribution in [3.05, 3.63) is 95.6 Å². The summed E-state index contributed by atoms with van der Waals surface area (Å²) in [5.41, 5.74) is 4.69. The summed E-state index contributed by atoms with van der Waals surface area (Å²) in [4.78, 5) is -0.0666. The van der Waals surface area contributed by atoms with E-state index in [1.165, 1.54) is 12.1 Å². The molecule has 0 aliphatic heterocycles. The smallest absolute Gasteiger partial charge is 0.294 e. The van der Waals surface area contributed by atoms with E-state index in [1.807, 2.05) is 50.3 Å². The second-order valence-corrected chi connectivity index (χ2v) is 8.30. The molecule has 3 N–H and O–H groups in total. The second kappa shape index (κ2) is 11.8. The van der Waals surface area contributed by atoms with Crippen molar-refractivity contribution >= 4 is 16.2 Å². The van der Waals surface area contributed by atoms with Crippen LogP contribution >= 0.6 is 0 Å². The van der Waals surface area contributed by atoms with Gasteiger partial charge in [0.25, 0.3) is 10.1 Å². The third-order valence-electron chi connectivity index (χ3n) is 4.18. The Hall–Kier alpha value is -3.48. The van der Waals surface area contributed by atoms with Crippen molar-refractivity contribution < 1.29 is 22.9 Å². The highest BCUT2D eigenvalue weighted by atomic mass is 32.2. The maximum Gasteiger partial charge on any atom is 0.294 e. The minimum atomic E-state index is -4.02. The van der Waals surface area contributed by atoms with Gasteiger partial charge in [0, 0.05) is 6.04 Å². The Morgan fingerprint density at radius 1 is 1.03 bits per heavy atom. The highest BCUT2D eigenvalue weighted by molar-refractivity contribution is 7.85. The average molecular weight is 453 g/mol. The number of hydroxylamine groups is 1. The number of nitrogens with zero attached hydrogens (tertiary/aromatic N) is 1. The minimum absolute atomic E-state index is 0.0666. The molecule has 7 nitrogen and oxygen atoms in total. The zero-order chi connectivity index (χ0) is 23.6. The fraction of sp³-hybridized carbons (Fsp3) is 0.125. The summed E-state index contributed by atoms with van der Waals surface area (Å²) < 4.78 is 35.3. The Bertz CT molecular complexity index is 1180. The molecule has 0 unspecified atom stereocenters. The molecule has 3 aromatic carbocycles. The zero-order valence-corrected chi connectivity index (χ0v) is 18.5. The molecule has 0 aliphatic carbocycles. The van der Waals surface area contributed by atoms with Gasteiger partial charge in [-0.25, -0.2) is 0 Å². The standard InChI is InChI=1S/C17H16N2O2.C7H8O3S/c1-13(19-20)5-6-14-3-2-4-17(11-14)21-16-9-7-15(12-18)8-10-16;1-6-2-4-7(5-3-6)11(8,9)10/h2-11,13,19-20H,1H3;2-5H,1H3,(H,8,9,10)/t13-;/m0./s1. The average Bonchev–Trinajstić information content (AvgIpc) is 2.78. The molecule has 0 aromatic heterocycles. The van der Waals surface area contributed by atoms with E-state index >= 15 is 0 Å². The lowest BCUT2D eigenvalue weighted by Gasteiger charge is -2.07. The van der Waals surface area contributed by atoms with Crippen LogP contribution in [0.5, 0.6) is 11.5 Å². The lowest BCUT2D eigenvalue weighted by Crippen LogP contribution is -2.18. The van der Waals surface area contributed by atoms with E-state index in [0.717, 1.165) is 11.1 Å². The first-order valence-electron chi connectivity index (χ1n) is 9.61. The van der Waals surface area contributed by atoms with Crippen LogP contribution in [0.4, 0.5) is 0 Å². The van der Waals surface area contributed by atoms with E-state index < -0.39 is 10.1 Å². The Labute approximate surface area is 187 Å². The van der Waals surface area contributed by atoms with Crippen molar-refractivity contribution in [3.8, 4) is 17.6 Å². The monoisotopic (exact) mass is 452 g/mol. The number of benzene rings is 3. The topological polar surface area (TPSA) is 120 Å². The molecule has 0 heterocycles. The van der Waals surface area contributed by atoms with Crippen molar-refractivity contribution in [1.29, 1.82) is 5.26 Å². The highest BCUT2D eigenvalue weighted by Gasteiger charge is 2.06. The fourth-order valence-electron chi connectivity index (χ4n) is 2.42. The Morgan fingerprint density at radius 3 is 2.25 bits per heavy atom. The molecular weight excluding hydrogens is 428 g/mol. The maximum absolute atomic E-state index is 10.5. The number of hydrogen-bond donors (Lipinski definition) is 3. The van der Waals surface area contributed by atoms with Crippen LogP contribution in [0.1, 0.15) is 23.6 Å². The van der Waals surface area contributed by atoms with Gasteiger partial charge >= 0.3 is 0 Å². The minimum Gasteiger partial charge on any atom is -0.457 e. The second-order valence-electron chi connectivity index (χ2n) is 6.88. The van der Waals surface area contributed by atoms with Gasteiger partial charge in [0.15, 0.2) is 0 Å². The normalized spacial score (nSPS) is 11.8. The largest absolute Gasteiger partial charge is 0.457 e. The third-order valence-corrected chi connectivity index (χ3v) is 5.04. The summed E-state index contributed by atoms with van der Waals surface area (Å²) in [7, 11) is -4.02. The molecule has 8 heteroatoms. The first kappa shape index (κ1) is 24.8. The van der Waals surface area contributed by atoms with E-state index in [0.29, 0.717) is 17.1 Å². The molecule has 0 fully saturated rings. The van der Waals surface area contributed by atoms with Gasteiger partial charge in [0.2, 0.25) is 0 Å². The highest BCUT2D eigenvalue weighted by Crippen LogP contribution is 2.23. The first-order chi connectivity index (χ1) is 15.2. The molecule has 32 heavy (non-hydrogen) atoms. The van der Waals surface area contributed by atoms with Crippen molar-refractivity contribution in [2.75, 3.05) is 0 Å². The quantitative estimate of drug-likeness (QED) is 0.357. The first-order valence-corrected chi connectivity index (χ1v) is 11.1. The molecule has 0 saturated heterocycles. The van der Waals surface area contributed by atoms with Crippen molar-refractivity contribution in [1.82, 2.24) is 5.48 Å². The van der Waals surface area contributed by atoms with Gasteiger partial charge in [-0.2, -0.15) is 19.2 Å². The number of aryl methyl sites for hydroxylation is 1. The lowest BCUT2D eigenvalue weighted by molar-refractivity contribution is 0.150. The van der Waals surface area contributed by atoms with Gasteiger partial charge in [-0.1, -0.05) is 42.0 Å².